The minimum atomic E-state index is -0.400. The second kappa shape index (κ2) is 6.42. The van der Waals surface area contributed by atoms with Crippen LogP contribution in [0.1, 0.15) is 31.9 Å². The summed E-state index contributed by atoms with van der Waals surface area (Å²) in [5.74, 6) is 1.01. The fraction of sp³-hybridized carbons (Fsp3) is 0.750. The summed E-state index contributed by atoms with van der Waals surface area (Å²) in [6.45, 7) is 4.09. The Balaban J connectivity index is 2.31. The lowest BCUT2D eigenvalue weighted by Gasteiger charge is -2.25. The van der Waals surface area contributed by atoms with Gasteiger partial charge in [0.2, 0.25) is 0 Å². The smallest absolute Gasteiger partial charge is 0.0939 e. The molecule has 1 rings (SSSR count). The molecule has 0 aliphatic rings. The van der Waals surface area contributed by atoms with Gasteiger partial charge in [-0.2, -0.15) is 5.10 Å². The first-order valence-electron chi connectivity index (χ1n) is 6.04. The summed E-state index contributed by atoms with van der Waals surface area (Å²) in [5.41, 5.74) is 6.68. The monoisotopic (exact) mass is 257 g/mol. The van der Waals surface area contributed by atoms with E-state index in [1.807, 2.05) is 25.6 Å². The largest absolute Gasteiger partial charge is 0.394 e. The SMILES string of the molecule is CCC(N)(CO)CCCSc1cc(C)nn1C. The summed E-state index contributed by atoms with van der Waals surface area (Å²) in [6, 6.07) is 2.09. The molecule has 0 saturated carbocycles. The van der Waals surface area contributed by atoms with Crippen molar-refractivity contribution in [2.24, 2.45) is 12.8 Å². The van der Waals surface area contributed by atoms with Gasteiger partial charge in [-0.05, 0) is 38.0 Å². The minimum Gasteiger partial charge on any atom is -0.394 e. The first kappa shape index (κ1) is 14.5. The average Bonchev–Trinajstić information content (AvgIpc) is 2.63. The van der Waals surface area contributed by atoms with Crippen LogP contribution >= 0.6 is 11.8 Å². The van der Waals surface area contributed by atoms with Gasteiger partial charge in [0, 0.05) is 12.6 Å². The lowest BCUT2D eigenvalue weighted by atomic mass is 9.93. The normalized spacial score (nSPS) is 14.9. The van der Waals surface area contributed by atoms with E-state index in [0.717, 1.165) is 30.7 Å². The number of nitrogens with zero attached hydrogens (tertiary/aromatic N) is 2. The molecule has 0 aliphatic carbocycles. The molecule has 0 aromatic carbocycles. The Hall–Kier alpha value is -0.520. The molecule has 0 bridgehead atoms. The molecular formula is C12H23N3OS. The van der Waals surface area contributed by atoms with E-state index in [1.54, 1.807) is 11.8 Å². The Bertz CT molecular complexity index is 348. The van der Waals surface area contributed by atoms with Gasteiger partial charge in [-0.25, -0.2) is 0 Å². The topological polar surface area (TPSA) is 64.1 Å². The van der Waals surface area contributed by atoms with Crippen LogP contribution in [0.2, 0.25) is 0 Å². The predicted octanol–water partition coefficient (Wildman–Crippen LogP) is 1.70. The van der Waals surface area contributed by atoms with Crippen LogP contribution in [-0.2, 0) is 7.05 Å². The molecule has 3 N–H and O–H groups in total. The molecule has 0 fully saturated rings. The van der Waals surface area contributed by atoms with E-state index < -0.39 is 5.54 Å². The summed E-state index contributed by atoms with van der Waals surface area (Å²) in [5, 5.41) is 14.7. The van der Waals surface area contributed by atoms with Gasteiger partial charge < -0.3 is 10.8 Å². The lowest BCUT2D eigenvalue weighted by Crippen LogP contribution is -2.42. The van der Waals surface area contributed by atoms with Gasteiger partial charge >= 0.3 is 0 Å². The molecule has 1 unspecified atom stereocenters. The molecule has 4 nitrogen and oxygen atoms in total. The second-order valence-corrected chi connectivity index (χ2v) is 5.69. The molecule has 5 heteroatoms. The van der Waals surface area contributed by atoms with Gasteiger partial charge in [0.15, 0.2) is 0 Å². The molecule has 1 aromatic rings. The molecule has 17 heavy (non-hydrogen) atoms. The van der Waals surface area contributed by atoms with Crippen molar-refractivity contribution in [1.29, 1.82) is 0 Å². The number of hydrogen-bond donors (Lipinski definition) is 2. The first-order chi connectivity index (χ1) is 8.00. The number of rotatable bonds is 7. The van der Waals surface area contributed by atoms with Crippen LogP contribution < -0.4 is 5.73 Å². The van der Waals surface area contributed by atoms with Gasteiger partial charge in [0.1, 0.15) is 0 Å². The zero-order valence-corrected chi connectivity index (χ0v) is 11.8. The first-order valence-corrected chi connectivity index (χ1v) is 7.02. The maximum absolute atomic E-state index is 9.20. The average molecular weight is 257 g/mol. The highest BCUT2D eigenvalue weighted by atomic mass is 32.2. The Morgan fingerprint density at radius 2 is 2.29 bits per heavy atom. The van der Waals surface area contributed by atoms with E-state index >= 15 is 0 Å². The van der Waals surface area contributed by atoms with Crippen LogP contribution in [0.25, 0.3) is 0 Å². The Morgan fingerprint density at radius 1 is 1.59 bits per heavy atom. The molecule has 1 atom stereocenters. The highest BCUT2D eigenvalue weighted by Crippen LogP contribution is 2.22. The number of aliphatic hydroxyl groups is 1. The Morgan fingerprint density at radius 3 is 2.76 bits per heavy atom. The molecule has 0 spiro atoms. The number of hydrogen-bond acceptors (Lipinski definition) is 4. The summed E-state index contributed by atoms with van der Waals surface area (Å²) < 4.78 is 1.90. The van der Waals surface area contributed by atoms with E-state index in [4.69, 9.17) is 5.73 Å². The zero-order chi connectivity index (χ0) is 12.9. The number of aliphatic hydroxyl groups excluding tert-OH is 1. The molecular weight excluding hydrogens is 234 g/mol. The van der Waals surface area contributed by atoms with Gasteiger partial charge in [-0.1, -0.05) is 6.92 Å². The van der Waals surface area contributed by atoms with Gasteiger partial charge in [0.05, 0.1) is 17.3 Å². The number of aromatic nitrogens is 2. The van der Waals surface area contributed by atoms with E-state index in [2.05, 4.69) is 11.2 Å². The lowest BCUT2D eigenvalue weighted by molar-refractivity contribution is 0.182. The second-order valence-electron chi connectivity index (χ2n) is 4.57. The van der Waals surface area contributed by atoms with Crippen molar-refractivity contribution in [3.05, 3.63) is 11.8 Å². The summed E-state index contributed by atoms with van der Waals surface area (Å²) in [4.78, 5) is 0. The number of nitrogens with two attached hydrogens (primary N) is 1. The van der Waals surface area contributed by atoms with Gasteiger partial charge in [0.25, 0.3) is 0 Å². The predicted molar refractivity (Wildman–Crippen MR) is 72.2 cm³/mol. The molecule has 0 saturated heterocycles. The van der Waals surface area contributed by atoms with E-state index in [0.29, 0.717) is 0 Å². The zero-order valence-electron chi connectivity index (χ0n) is 10.9. The van der Waals surface area contributed by atoms with Crippen molar-refractivity contribution in [1.82, 2.24) is 9.78 Å². The van der Waals surface area contributed by atoms with Crippen molar-refractivity contribution < 1.29 is 5.11 Å². The minimum absolute atomic E-state index is 0.0684. The third-order valence-corrected chi connectivity index (χ3v) is 4.22. The molecule has 1 aromatic heterocycles. The summed E-state index contributed by atoms with van der Waals surface area (Å²) in [6.07, 6.45) is 2.70. The van der Waals surface area contributed by atoms with E-state index in [9.17, 15) is 5.11 Å². The quantitative estimate of drug-likeness (QED) is 0.576. The highest BCUT2D eigenvalue weighted by molar-refractivity contribution is 7.99. The summed E-state index contributed by atoms with van der Waals surface area (Å²) in [7, 11) is 1.96. The van der Waals surface area contributed by atoms with Crippen molar-refractivity contribution in [2.75, 3.05) is 12.4 Å². The molecule has 98 valence electrons. The highest BCUT2D eigenvalue weighted by Gasteiger charge is 2.20. The van der Waals surface area contributed by atoms with Crippen LogP contribution in [0, 0.1) is 6.92 Å². The van der Waals surface area contributed by atoms with Crippen molar-refractivity contribution in [3.8, 4) is 0 Å². The molecule has 0 amide bonds. The van der Waals surface area contributed by atoms with Crippen molar-refractivity contribution in [3.63, 3.8) is 0 Å². The van der Waals surface area contributed by atoms with Gasteiger partial charge in [-0.3, -0.25) is 4.68 Å². The Labute approximate surface area is 108 Å². The number of aryl methyl sites for hydroxylation is 2. The third-order valence-electron chi connectivity index (χ3n) is 3.05. The molecule has 0 aliphatic heterocycles. The van der Waals surface area contributed by atoms with Crippen molar-refractivity contribution >= 4 is 11.8 Å². The van der Waals surface area contributed by atoms with Gasteiger partial charge in [-0.15, -0.1) is 11.8 Å². The molecule has 1 heterocycles. The fourth-order valence-electron chi connectivity index (χ4n) is 1.69. The molecule has 0 radical (unpaired) electrons. The number of thioether (sulfide) groups is 1. The Kier molecular flexibility index (Phi) is 5.49. The van der Waals surface area contributed by atoms with Crippen molar-refractivity contribution in [2.45, 2.75) is 43.7 Å². The maximum atomic E-state index is 9.20. The fourth-order valence-corrected chi connectivity index (χ4v) is 2.67. The van der Waals surface area contributed by atoms with Crippen LogP contribution in [0.3, 0.4) is 0 Å². The van der Waals surface area contributed by atoms with Crippen LogP contribution in [0.4, 0.5) is 0 Å². The maximum Gasteiger partial charge on any atom is 0.0939 e. The van der Waals surface area contributed by atoms with Crippen LogP contribution in [0.15, 0.2) is 11.1 Å². The third kappa shape index (κ3) is 4.33. The van der Waals surface area contributed by atoms with E-state index in [-0.39, 0.29) is 6.61 Å². The standard InChI is InChI=1S/C12H23N3OS/c1-4-12(13,9-16)6-5-7-17-11-8-10(2)14-15(11)3/h8,16H,4-7,9,13H2,1-3H3. The van der Waals surface area contributed by atoms with E-state index in [1.165, 1.54) is 5.03 Å². The van der Waals surface area contributed by atoms with Crippen LogP contribution in [0.5, 0.6) is 0 Å². The summed E-state index contributed by atoms with van der Waals surface area (Å²) >= 11 is 1.79. The van der Waals surface area contributed by atoms with Crippen LogP contribution in [-0.4, -0.2) is 32.8 Å².